The van der Waals surface area contributed by atoms with Crippen molar-refractivity contribution >= 4 is 22.5 Å². The molecular formula is C16H9ClF2N2O2. The molecule has 4 rings (SSSR count). The van der Waals surface area contributed by atoms with Crippen molar-refractivity contribution in [2.45, 2.75) is 6.54 Å². The SMILES string of the molecule is O=c1ncc2cc(Cl)c(-c3ccc(F)cc3F)c3c2n1CCO3. The van der Waals surface area contributed by atoms with Gasteiger partial charge in [0.25, 0.3) is 0 Å². The molecule has 0 N–H and O–H groups in total. The monoisotopic (exact) mass is 334 g/mol. The number of rotatable bonds is 1. The third-order valence-electron chi connectivity index (χ3n) is 3.81. The van der Waals surface area contributed by atoms with E-state index in [-0.39, 0.29) is 17.2 Å². The van der Waals surface area contributed by atoms with Gasteiger partial charge >= 0.3 is 5.69 Å². The van der Waals surface area contributed by atoms with E-state index < -0.39 is 17.3 Å². The number of hydrogen-bond donors (Lipinski definition) is 0. The van der Waals surface area contributed by atoms with Gasteiger partial charge in [0.15, 0.2) is 5.75 Å². The average molecular weight is 335 g/mol. The van der Waals surface area contributed by atoms with Crippen LogP contribution >= 0.6 is 11.6 Å². The zero-order chi connectivity index (χ0) is 16.1. The fourth-order valence-electron chi connectivity index (χ4n) is 2.83. The van der Waals surface area contributed by atoms with Crippen molar-refractivity contribution in [3.05, 3.63) is 57.6 Å². The number of hydrogen-bond acceptors (Lipinski definition) is 3. The van der Waals surface area contributed by atoms with Crippen LogP contribution in [0, 0.1) is 11.6 Å². The maximum absolute atomic E-state index is 14.2. The van der Waals surface area contributed by atoms with Crippen LogP contribution in [0.25, 0.3) is 22.0 Å². The van der Waals surface area contributed by atoms with Crippen molar-refractivity contribution in [1.29, 1.82) is 0 Å². The molecule has 1 aliphatic heterocycles. The summed E-state index contributed by atoms with van der Waals surface area (Å²) >= 11 is 6.29. The van der Waals surface area contributed by atoms with Crippen molar-refractivity contribution in [3.8, 4) is 16.9 Å². The van der Waals surface area contributed by atoms with Crippen LogP contribution in [-0.4, -0.2) is 16.2 Å². The first-order valence-corrected chi connectivity index (χ1v) is 7.24. The van der Waals surface area contributed by atoms with E-state index in [2.05, 4.69) is 4.98 Å². The molecule has 116 valence electrons. The molecule has 2 heterocycles. The Balaban J connectivity index is 2.14. The van der Waals surface area contributed by atoms with Gasteiger partial charge in [-0.15, -0.1) is 0 Å². The van der Waals surface area contributed by atoms with Crippen molar-refractivity contribution < 1.29 is 13.5 Å². The summed E-state index contributed by atoms with van der Waals surface area (Å²) in [5.74, 6) is -1.12. The summed E-state index contributed by atoms with van der Waals surface area (Å²) in [6.07, 6.45) is 1.41. The fourth-order valence-corrected chi connectivity index (χ4v) is 3.14. The largest absolute Gasteiger partial charge is 0.489 e. The summed E-state index contributed by atoms with van der Waals surface area (Å²) in [4.78, 5) is 15.7. The van der Waals surface area contributed by atoms with E-state index in [0.29, 0.717) is 28.8 Å². The topological polar surface area (TPSA) is 44.1 Å². The molecular weight excluding hydrogens is 326 g/mol. The first kappa shape index (κ1) is 14.1. The van der Waals surface area contributed by atoms with Gasteiger partial charge in [0, 0.05) is 28.8 Å². The molecule has 0 atom stereocenters. The number of ether oxygens (including phenoxy) is 1. The smallest absolute Gasteiger partial charge is 0.348 e. The van der Waals surface area contributed by atoms with Gasteiger partial charge in [0.2, 0.25) is 0 Å². The highest BCUT2D eigenvalue weighted by Crippen LogP contribution is 2.43. The van der Waals surface area contributed by atoms with Crippen LogP contribution in [0.2, 0.25) is 5.02 Å². The average Bonchev–Trinajstić information content (AvgIpc) is 2.52. The Labute approximate surface area is 133 Å². The van der Waals surface area contributed by atoms with Gasteiger partial charge in [-0.3, -0.25) is 4.57 Å². The summed E-state index contributed by atoms with van der Waals surface area (Å²) in [6, 6.07) is 4.82. The van der Waals surface area contributed by atoms with Gasteiger partial charge in [0.05, 0.1) is 17.1 Å². The van der Waals surface area contributed by atoms with E-state index in [1.165, 1.54) is 16.8 Å². The Hall–Kier alpha value is -2.47. The molecule has 0 spiro atoms. The van der Waals surface area contributed by atoms with E-state index in [1.807, 2.05) is 0 Å². The zero-order valence-electron chi connectivity index (χ0n) is 11.6. The summed E-state index contributed by atoms with van der Waals surface area (Å²) in [5.41, 5.74) is 0.524. The number of halogens is 3. The predicted molar refractivity (Wildman–Crippen MR) is 81.9 cm³/mol. The molecule has 0 radical (unpaired) electrons. The van der Waals surface area contributed by atoms with Crippen molar-refractivity contribution in [1.82, 2.24) is 9.55 Å². The lowest BCUT2D eigenvalue weighted by Gasteiger charge is -2.23. The second kappa shape index (κ2) is 5.03. The second-order valence-electron chi connectivity index (χ2n) is 5.17. The summed E-state index contributed by atoms with van der Waals surface area (Å²) in [7, 11) is 0. The van der Waals surface area contributed by atoms with Crippen LogP contribution in [-0.2, 0) is 6.54 Å². The maximum atomic E-state index is 14.2. The minimum absolute atomic E-state index is 0.117. The highest BCUT2D eigenvalue weighted by molar-refractivity contribution is 6.35. The van der Waals surface area contributed by atoms with Crippen LogP contribution in [0.3, 0.4) is 0 Å². The van der Waals surface area contributed by atoms with Gasteiger partial charge in [-0.05, 0) is 18.2 Å². The lowest BCUT2D eigenvalue weighted by atomic mass is 10.0. The number of nitrogens with zero attached hydrogens (tertiary/aromatic N) is 2. The van der Waals surface area contributed by atoms with E-state index in [1.54, 1.807) is 6.07 Å². The quantitative estimate of drug-likeness (QED) is 0.685. The number of benzene rings is 2. The molecule has 0 saturated heterocycles. The molecule has 3 aromatic rings. The number of aromatic nitrogens is 2. The van der Waals surface area contributed by atoms with E-state index in [4.69, 9.17) is 16.3 Å². The van der Waals surface area contributed by atoms with E-state index in [9.17, 15) is 13.6 Å². The molecule has 0 amide bonds. The van der Waals surface area contributed by atoms with Gasteiger partial charge in [-0.1, -0.05) is 11.6 Å². The Morgan fingerprint density at radius 1 is 1.26 bits per heavy atom. The zero-order valence-corrected chi connectivity index (χ0v) is 12.4. The summed E-state index contributed by atoms with van der Waals surface area (Å²) in [5, 5.41) is 0.863. The predicted octanol–water partition coefficient (Wildman–Crippen LogP) is 3.39. The van der Waals surface area contributed by atoms with Gasteiger partial charge in [-0.25, -0.2) is 18.6 Å². The lowest BCUT2D eigenvalue weighted by Crippen LogP contribution is -2.29. The van der Waals surface area contributed by atoms with Crippen LogP contribution in [0.4, 0.5) is 8.78 Å². The second-order valence-corrected chi connectivity index (χ2v) is 5.57. The minimum atomic E-state index is -0.750. The molecule has 1 aliphatic rings. The maximum Gasteiger partial charge on any atom is 0.348 e. The highest BCUT2D eigenvalue weighted by Gasteiger charge is 2.24. The summed E-state index contributed by atoms with van der Waals surface area (Å²) in [6.45, 7) is 0.590. The van der Waals surface area contributed by atoms with Crippen molar-refractivity contribution in [3.63, 3.8) is 0 Å². The molecule has 23 heavy (non-hydrogen) atoms. The van der Waals surface area contributed by atoms with E-state index >= 15 is 0 Å². The molecule has 0 aliphatic carbocycles. The van der Waals surface area contributed by atoms with Crippen LogP contribution in [0.15, 0.2) is 35.3 Å². The highest BCUT2D eigenvalue weighted by atomic mass is 35.5. The Kier molecular flexibility index (Phi) is 3.09. The molecule has 4 nitrogen and oxygen atoms in total. The lowest BCUT2D eigenvalue weighted by molar-refractivity contribution is 0.284. The normalized spacial score (nSPS) is 13.2. The third kappa shape index (κ3) is 2.09. The fraction of sp³-hybridized carbons (Fsp3) is 0.125. The Morgan fingerprint density at radius 2 is 2.09 bits per heavy atom. The molecule has 0 fully saturated rings. The first-order valence-electron chi connectivity index (χ1n) is 6.86. The third-order valence-corrected chi connectivity index (χ3v) is 4.11. The van der Waals surface area contributed by atoms with E-state index in [0.717, 1.165) is 12.1 Å². The Morgan fingerprint density at radius 3 is 2.87 bits per heavy atom. The van der Waals surface area contributed by atoms with Gasteiger partial charge < -0.3 is 4.74 Å². The molecule has 1 aromatic heterocycles. The van der Waals surface area contributed by atoms with Crippen molar-refractivity contribution in [2.24, 2.45) is 0 Å². The molecule has 0 bridgehead atoms. The van der Waals surface area contributed by atoms with Gasteiger partial charge in [0.1, 0.15) is 18.2 Å². The van der Waals surface area contributed by atoms with Crippen LogP contribution in [0.5, 0.6) is 5.75 Å². The van der Waals surface area contributed by atoms with Crippen LogP contribution in [0.1, 0.15) is 0 Å². The van der Waals surface area contributed by atoms with Crippen molar-refractivity contribution in [2.75, 3.05) is 6.61 Å². The molecule has 2 aromatic carbocycles. The Bertz CT molecular complexity index is 1020. The molecule has 7 heteroatoms. The standard InChI is InChI=1S/C16H9ClF2N2O2/c17-11-5-8-7-20-16(22)21-3-4-23-15(14(8)21)13(11)10-2-1-9(18)6-12(10)19/h1-2,5-7H,3-4H2. The minimum Gasteiger partial charge on any atom is -0.489 e. The van der Waals surface area contributed by atoms with Gasteiger partial charge in [-0.2, -0.15) is 0 Å². The first-order chi connectivity index (χ1) is 11.1. The van der Waals surface area contributed by atoms with Crippen LogP contribution < -0.4 is 10.4 Å². The molecule has 0 saturated carbocycles. The summed E-state index contributed by atoms with van der Waals surface area (Å²) < 4.78 is 34.5. The molecule has 0 unspecified atom stereocenters.